The molecule has 0 aliphatic rings. The zero-order chi connectivity index (χ0) is 25.2. The minimum atomic E-state index is -0.0770. The van der Waals surface area contributed by atoms with Crippen LogP contribution in [0.25, 0.3) is 32.2 Å². The van der Waals surface area contributed by atoms with Crippen LogP contribution in [0, 0.1) is 6.92 Å². The Morgan fingerprint density at radius 2 is 1.89 bits per heavy atom. The third-order valence-corrected chi connectivity index (χ3v) is 8.82. The third kappa shape index (κ3) is 5.23. The van der Waals surface area contributed by atoms with Gasteiger partial charge in [-0.05, 0) is 75.2 Å². The largest absolute Gasteiger partial charge is 0.325 e. The number of amides is 1. The molecular weight excluding hydrogens is 507 g/mol. The van der Waals surface area contributed by atoms with Crippen molar-refractivity contribution in [1.82, 2.24) is 19.7 Å². The first-order chi connectivity index (χ1) is 17.4. The summed E-state index contributed by atoms with van der Waals surface area (Å²) in [5.41, 5.74) is 5.12. The average Bonchev–Trinajstić information content (AvgIpc) is 3.60. The second-order valence-corrected chi connectivity index (χ2v) is 11.8. The molecule has 0 bridgehead atoms. The van der Waals surface area contributed by atoms with Crippen LogP contribution in [0.3, 0.4) is 0 Å². The normalized spacial score (nSPS) is 11.5. The van der Waals surface area contributed by atoms with Crippen LogP contribution in [0.2, 0.25) is 0 Å². The number of carbonyl (C=O) groups excluding carboxylic acids is 1. The summed E-state index contributed by atoms with van der Waals surface area (Å²) in [4.78, 5) is 18.8. The maximum atomic E-state index is 12.7. The molecule has 2 aromatic carbocycles. The predicted molar refractivity (Wildman–Crippen MR) is 152 cm³/mol. The minimum absolute atomic E-state index is 0.0770. The van der Waals surface area contributed by atoms with Gasteiger partial charge in [-0.3, -0.25) is 9.36 Å². The van der Waals surface area contributed by atoms with E-state index in [4.69, 9.17) is 4.98 Å². The summed E-state index contributed by atoms with van der Waals surface area (Å²) in [6, 6.07) is 16.5. The number of aromatic nitrogens is 4. The second kappa shape index (κ2) is 10.5. The van der Waals surface area contributed by atoms with E-state index in [1.165, 1.54) is 26.9 Å². The number of thiazole rings is 1. The SMILES string of the molecule is CCc1cc(-c2nnc(SCC(=O)Nc3ccc(-c4nc5ccc(C)cc5s4)cc3)n2C(C)C)cs1. The van der Waals surface area contributed by atoms with E-state index in [0.29, 0.717) is 0 Å². The molecule has 184 valence electrons. The number of aryl methyl sites for hydroxylation is 2. The Bertz CT molecular complexity index is 1510. The number of nitrogens with one attached hydrogen (secondary N) is 1. The molecule has 0 aliphatic heterocycles. The number of nitrogens with zero attached hydrogens (tertiary/aromatic N) is 4. The van der Waals surface area contributed by atoms with E-state index >= 15 is 0 Å². The number of thioether (sulfide) groups is 1. The molecule has 0 saturated carbocycles. The van der Waals surface area contributed by atoms with Gasteiger partial charge >= 0.3 is 0 Å². The van der Waals surface area contributed by atoms with Gasteiger partial charge in [-0.15, -0.1) is 32.9 Å². The third-order valence-electron chi connectivity index (χ3n) is 5.73. The number of benzene rings is 2. The quantitative estimate of drug-likeness (QED) is 0.210. The summed E-state index contributed by atoms with van der Waals surface area (Å²) in [5.74, 6) is 1.03. The van der Waals surface area contributed by atoms with Crippen molar-refractivity contribution in [2.45, 2.75) is 45.3 Å². The van der Waals surface area contributed by atoms with E-state index in [1.807, 2.05) is 24.3 Å². The highest BCUT2D eigenvalue weighted by Crippen LogP contribution is 2.32. The maximum Gasteiger partial charge on any atom is 0.234 e. The lowest BCUT2D eigenvalue weighted by atomic mass is 10.2. The first-order valence-corrected chi connectivity index (χ1v) is 14.5. The van der Waals surface area contributed by atoms with Crippen molar-refractivity contribution in [3.63, 3.8) is 0 Å². The van der Waals surface area contributed by atoms with Crippen LogP contribution in [0.1, 0.15) is 37.3 Å². The van der Waals surface area contributed by atoms with E-state index in [9.17, 15) is 4.79 Å². The molecule has 0 unspecified atom stereocenters. The molecule has 0 aliphatic carbocycles. The zero-order valence-corrected chi connectivity index (χ0v) is 23.1. The smallest absolute Gasteiger partial charge is 0.234 e. The number of hydrogen-bond acceptors (Lipinski definition) is 7. The topological polar surface area (TPSA) is 72.7 Å². The first kappa shape index (κ1) is 24.7. The van der Waals surface area contributed by atoms with Crippen molar-refractivity contribution in [3.05, 3.63) is 64.4 Å². The first-order valence-electron chi connectivity index (χ1n) is 11.8. The van der Waals surface area contributed by atoms with Crippen LogP contribution in [0.5, 0.6) is 0 Å². The van der Waals surface area contributed by atoms with Crippen LogP contribution in [0.15, 0.2) is 59.1 Å². The molecule has 0 spiro atoms. The Hall–Kier alpha value is -3.01. The van der Waals surface area contributed by atoms with E-state index in [0.717, 1.165) is 44.7 Å². The van der Waals surface area contributed by atoms with Gasteiger partial charge in [0, 0.05) is 33.1 Å². The van der Waals surface area contributed by atoms with Crippen molar-refractivity contribution in [1.29, 1.82) is 0 Å². The lowest BCUT2D eigenvalue weighted by Gasteiger charge is -2.13. The molecule has 1 N–H and O–H groups in total. The molecule has 3 aromatic heterocycles. The summed E-state index contributed by atoms with van der Waals surface area (Å²) >= 11 is 4.83. The highest BCUT2D eigenvalue weighted by molar-refractivity contribution is 7.99. The Morgan fingerprint density at radius 1 is 1.08 bits per heavy atom. The second-order valence-electron chi connectivity index (χ2n) is 8.83. The molecule has 0 fully saturated rings. The Kier molecular flexibility index (Phi) is 7.22. The van der Waals surface area contributed by atoms with E-state index in [-0.39, 0.29) is 17.7 Å². The van der Waals surface area contributed by atoms with Crippen molar-refractivity contribution in [3.8, 4) is 22.0 Å². The lowest BCUT2D eigenvalue weighted by molar-refractivity contribution is -0.113. The van der Waals surface area contributed by atoms with Crippen LogP contribution in [-0.2, 0) is 11.2 Å². The summed E-state index contributed by atoms with van der Waals surface area (Å²) in [6.07, 6.45) is 1.00. The number of hydrogen-bond donors (Lipinski definition) is 1. The lowest BCUT2D eigenvalue weighted by Crippen LogP contribution is -2.15. The summed E-state index contributed by atoms with van der Waals surface area (Å²) < 4.78 is 3.29. The van der Waals surface area contributed by atoms with Gasteiger partial charge in [0.1, 0.15) is 5.01 Å². The van der Waals surface area contributed by atoms with Crippen molar-refractivity contribution in [2.24, 2.45) is 0 Å². The van der Waals surface area contributed by atoms with Crippen molar-refractivity contribution in [2.75, 3.05) is 11.1 Å². The van der Waals surface area contributed by atoms with E-state index in [2.05, 4.69) is 77.4 Å². The van der Waals surface area contributed by atoms with Crippen molar-refractivity contribution >= 4 is 56.2 Å². The molecule has 0 atom stereocenters. The van der Waals surface area contributed by atoms with Crippen LogP contribution in [0.4, 0.5) is 5.69 Å². The van der Waals surface area contributed by atoms with Gasteiger partial charge in [0.05, 0.1) is 16.0 Å². The van der Waals surface area contributed by atoms with Crippen LogP contribution < -0.4 is 5.32 Å². The fourth-order valence-corrected chi connectivity index (χ4v) is 6.65. The molecule has 1 amide bonds. The van der Waals surface area contributed by atoms with E-state index in [1.54, 1.807) is 22.7 Å². The Morgan fingerprint density at radius 3 is 2.61 bits per heavy atom. The maximum absolute atomic E-state index is 12.7. The molecular formula is C27H27N5OS3. The fraction of sp³-hybridized carbons (Fsp3) is 0.259. The van der Waals surface area contributed by atoms with Gasteiger partial charge < -0.3 is 5.32 Å². The van der Waals surface area contributed by atoms with Gasteiger partial charge in [-0.2, -0.15) is 0 Å². The minimum Gasteiger partial charge on any atom is -0.325 e. The number of thiophene rings is 1. The summed E-state index contributed by atoms with van der Waals surface area (Å²) in [6.45, 7) is 8.46. The Labute approximate surface area is 222 Å². The molecule has 9 heteroatoms. The molecule has 0 saturated heterocycles. The highest BCUT2D eigenvalue weighted by atomic mass is 32.2. The molecule has 5 rings (SSSR count). The number of anilines is 1. The van der Waals surface area contributed by atoms with E-state index < -0.39 is 0 Å². The van der Waals surface area contributed by atoms with Crippen LogP contribution >= 0.6 is 34.4 Å². The van der Waals surface area contributed by atoms with Gasteiger partial charge in [-0.25, -0.2) is 4.98 Å². The number of carbonyl (C=O) groups is 1. The average molecular weight is 534 g/mol. The number of fused-ring (bicyclic) bond motifs is 1. The fourth-order valence-electron chi connectivity index (χ4n) is 3.90. The molecule has 3 heterocycles. The monoisotopic (exact) mass is 533 g/mol. The molecule has 5 aromatic rings. The van der Waals surface area contributed by atoms with Gasteiger partial charge in [0.15, 0.2) is 11.0 Å². The molecule has 6 nitrogen and oxygen atoms in total. The Balaban J connectivity index is 1.24. The van der Waals surface area contributed by atoms with Gasteiger partial charge in [0.25, 0.3) is 0 Å². The predicted octanol–water partition coefficient (Wildman–Crippen LogP) is 7.47. The summed E-state index contributed by atoms with van der Waals surface area (Å²) in [5, 5.41) is 15.7. The standard InChI is InChI=1S/C27H27N5OS3/c1-5-21-13-19(14-34-21)25-30-31-27(32(25)16(2)3)35-15-24(33)28-20-9-7-18(8-10-20)26-29-22-11-6-17(4)12-23(22)36-26/h6-14,16H,5,15H2,1-4H3,(H,28,33). The zero-order valence-electron chi connectivity index (χ0n) is 20.6. The number of rotatable bonds is 8. The van der Waals surface area contributed by atoms with Gasteiger partial charge in [-0.1, -0.05) is 24.8 Å². The van der Waals surface area contributed by atoms with Gasteiger partial charge in [0.2, 0.25) is 5.91 Å². The highest BCUT2D eigenvalue weighted by Gasteiger charge is 2.19. The van der Waals surface area contributed by atoms with Crippen LogP contribution in [-0.4, -0.2) is 31.4 Å². The summed E-state index contributed by atoms with van der Waals surface area (Å²) in [7, 11) is 0. The molecule has 0 radical (unpaired) electrons. The molecule has 36 heavy (non-hydrogen) atoms. The van der Waals surface area contributed by atoms with Crippen molar-refractivity contribution < 1.29 is 4.79 Å².